The molecular formula is C17H20N2O5S. The van der Waals surface area contributed by atoms with Crippen molar-refractivity contribution in [1.29, 1.82) is 0 Å². The van der Waals surface area contributed by atoms with Gasteiger partial charge in [0.05, 0.1) is 19.6 Å². The highest BCUT2D eigenvalue weighted by atomic mass is 32.1. The van der Waals surface area contributed by atoms with E-state index in [1.54, 1.807) is 29.8 Å². The summed E-state index contributed by atoms with van der Waals surface area (Å²) in [5.74, 6) is 0.284. The van der Waals surface area contributed by atoms with Gasteiger partial charge in [0.25, 0.3) is 5.91 Å². The van der Waals surface area contributed by atoms with E-state index in [2.05, 4.69) is 10.3 Å². The number of anilines is 1. The summed E-state index contributed by atoms with van der Waals surface area (Å²) in [6.45, 7) is 4.42. The second kappa shape index (κ2) is 9.63. The molecule has 0 spiro atoms. The Morgan fingerprint density at radius 1 is 1.16 bits per heavy atom. The number of benzene rings is 1. The van der Waals surface area contributed by atoms with E-state index in [4.69, 9.17) is 14.2 Å². The van der Waals surface area contributed by atoms with Crippen LogP contribution in [0.3, 0.4) is 0 Å². The Morgan fingerprint density at radius 3 is 2.60 bits per heavy atom. The van der Waals surface area contributed by atoms with E-state index in [1.165, 1.54) is 11.3 Å². The zero-order valence-electron chi connectivity index (χ0n) is 14.1. The van der Waals surface area contributed by atoms with Gasteiger partial charge in [-0.25, -0.2) is 4.98 Å². The third-order valence-corrected chi connectivity index (χ3v) is 3.69. The average Bonchev–Trinajstić information content (AvgIpc) is 3.09. The normalized spacial score (nSPS) is 10.2. The topological polar surface area (TPSA) is 86.8 Å². The predicted octanol–water partition coefficient (Wildman–Crippen LogP) is 2.66. The SMILES string of the molecule is CCOc1ccc(CC(=O)OCC(=O)Nc2nccs2)cc1OCC. The van der Waals surface area contributed by atoms with Gasteiger partial charge < -0.3 is 14.2 Å². The van der Waals surface area contributed by atoms with Crippen LogP contribution in [0.25, 0.3) is 0 Å². The molecule has 1 heterocycles. The van der Waals surface area contributed by atoms with E-state index in [0.29, 0.717) is 29.8 Å². The first-order chi connectivity index (χ1) is 12.1. The molecule has 0 bridgehead atoms. The molecule has 2 rings (SSSR count). The first kappa shape index (κ1) is 18.7. The third-order valence-electron chi connectivity index (χ3n) is 3.00. The minimum atomic E-state index is -0.499. The van der Waals surface area contributed by atoms with Crippen molar-refractivity contribution in [3.63, 3.8) is 0 Å². The summed E-state index contributed by atoms with van der Waals surface area (Å²) in [5, 5.41) is 4.75. The molecule has 0 radical (unpaired) electrons. The van der Waals surface area contributed by atoms with Crippen LogP contribution in [0, 0.1) is 0 Å². The summed E-state index contributed by atoms with van der Waals surface area (Å²) in [6, 6.07) is 5.27. The number of thiazole rings is 1. The van der Waals surface area contributed by atoms with Crippen molar-refractivity contribution >= 4 is 28.3 Å². The molecule has 2 aromatic rings. The number of nitrogens with one attached hydrogen (secondary N) is 1. The summed E-state index contributed by atoms with van der Waals surface area (Å²) >= 11 is 1.29. The number of aromatic nitrogens is 1. The van der Waals surface area contributed by atoms with Crippen LogP contribution in [0.5, 0.6) is 11.5 Å². The Kier molecular flexibility index (Phi) is 7.21. The zero-order chi connectivity index (χ0) is 18.1. The molecule has 8 heteroatoms. The Labute approximate surface area is 149 Å². The lowest BCUT2D eigenvalue weighted by atomic mass is 10.1. The zero-order valence-corrected chi connectivity index (χ0v) is 14.9. The highest BCUT2D eigenvalue weighted by Crippen LogP contribution is 2.28. The van der Waals surface area contributed by atoms with Crippen LogP contribution in [0.4, 0.5) is 5.13 Å². The van der Waals surface area contributed by atoms with Crippen molar-refractivity contribution in [2.45, 2.75) is 20.3 Å². The van der Waals surface area contributed by atoms with Crippen LogP contribution in [0.15, 0.2) is 29.8 Å². The first-order valence-electron chi connectivity index (χ1n) is 7.85. The van der Waals surface area contributed by atoms with Gasteiger partial charge >= 0.3 is 5.97 Å². The van der Waals surface area contributed by atoms with Gasteiger partial charge in [0.15, 0.2) is 23.2 Å². The lowest BCUT2D eigenvalue weighted by Crippen LogP contribution is -2.21. The van der Waals surface area contributed by atoms with Crippen molar-refractivity contribution in [3.05, 3.63) is 35.3 Å². The molecule has 7 nitrogen and oxygen atoms in total. The lowest BCUT2D eigenvalue weighted by molar-refractivity contribution is -0.146. The van der Waals surface area contributed by atoms with Gasteiger partial charge in [0, 0.05) is 11.6 Å². The van der Waals surface area contributed by atoms with Crippen LogP contribution in [0.1, 0.15) is 19.4 Å². The highest BCUT2D eigenvalue weighted by molar-refractivity contribution is 7.13. The number of nitrogens with zero attached hydrogens (tertiary/aromatic N) is 1. The van der Waals surface area contributed by atoms with Crippen LogP contribution >= 0.6 is 11.3 Å². The molecule has 0 fully saturated rings. The number of carbonyl (C=O) groups is 2. The maximum Gasteiger partial charge on any atom is 0.310 e. The Morgan fingerprint density at radius 2 is 1.92 bits per heavy atom. The molecule has 0 saturated heterocycles. The van der Waals surface area contributed by atoms with Gasteiger partial charge in [0.2, 0.25) is 0 Å². The van der Waals surface area contributed by atoms with Gasteiger partial charge in [0.1, 0.15) is 0 Å². The van der Waals surface area contributed by atoms with Crippen molar-refractivity contribution in [1.82, 2.24) is 4.98 Å². The van der Waals surface area contributed by atoms with E-state index >= 15 is 0 Å². The fraction of sp³-hybridized carbons (Fsp3) is 0.353. The summed E-state index contributed by atoms with van der Waals surface area (Å²) in [6.07, 6.45) is 1.62. The Balaban J connectivity index is 1.86. The summed E-state index contributed by atoms with van der Waals surface area (Å²) in [4.78, 5) is 27.5. The molecule has 0 aliphatic carbocycles. The van der Waals surface area contributed by atoms with Gasteiger partial charge in [-0.05, 0) is 31.5 Å². The number of esters is 1. The predicted molar refractivity (Wildman–Crippen MR) is 94.2 cm³/mol. The number of hydrogen-bond acceptors (Lipinski definition) is 7. The second-order valence-corrected chi connectivity index (χ2v) is 5.76. The third kappa shape index (κ3) is 6.07. The fourth-order valence-corrected chi connectivity index (χ4v) is 2.55. The minimum absolute atomic E-state index is 0.0387. The molecule has 0 saturated carbocycles. The first-order valence-corrected chi connectivity index (χ1v) is 8.73. The fourth-order valence-electron chi connectivity index (χ4n) is 2.01. The molecule has 0 aliphatic heterocycles. The largest absolute Gasteiger partial charge is 0.490 e. The molecule has 1 amide bonds. The van der Waals surface area contributed by atoms with E-state index in [-0.39, 0.29) is 13.0 Å². The summed E-state index contributed by atoms with van der Waals surface area (Å²) in [5.41, 5.74) is 0.720. The van der Waals surface area contributed by atoms with Crippen molar-refractivity contribution in [3.8, 4) is 11.5 Å². The smallest absolute Gasteiger partial charge is 0.310 e. The number of carbonyl (C=O) groups excluding carboxylic acids is 2. The number of hydrogen-bond donors (Lipinski definition) is 1. The van der Waals surface area contributed by atoms with Gasteiger partial charge in [-0.3, -0.25) is 14.9 Å². The monoisotopic (exact) mass is 364 g/mol. The van der Waals surface area contributed by atoms with E-state index in [1.807, 2.05) is 13.8 Å². The molecule has 1 aromatic heterocycles. The van der Waals surface area contributed by atoms with E-state index < -0.39 is 11.9 Å². The van der Waals surface area contributed by atoms with E-state index in [9.17, 15) is 9.59 Å². The maximum atomic E-state index is 11.9. The van der Waals surface area contributed by atoms with Crippen molar-refractivity contribution < 1.29 is 23.8 Å². The standard InChI is InChI=1S/C17H20N2O5S/c1-3-22-13-6-5-12(9-14(13)23-4-2)10-16(21)24-11-15(20)19-17-18-7-8-25-17/h5-9H,3-4,10-11H2,1-2H3,(H,18,19,20). The highest BCUT2D eigenvalue weighted by Gasteiger charge is 2.12. The molecule has 1 N–H and O–H groups in total. The molecule has 134 valence electrons. The quantitative estimate of drug-likeness (QED) is 0.689. The average molecular weight is 364 g/mol. The van der Waals surface area contributed by atoms with Gasteiger partial charge in [-0.1, -0.05) is 6.07 Å². The molecular weight excluding hydrogens is 344 g/mol. The van der Waals surface area contributed by atoms with Gasteiger partial charge in [-0.2, -0.15) is 0 Å². The second-order valence-electron chi connectivity index (χ2n) is 4.87. The van der Waals surface area contributed by atoms with Crippen LogP contribution < -0.4 is 14.8 Å². The number of ether oxygens (including phenoxy) is 3. The van der Waals surface area contributed by atoms with E-state index in [0.717, 1.165) is 5.56 Å². The molecule has 0 aliphatic rings. The van der Waals surface area contributed by atoms with Crippen LogP contribution in [0.2, 0.25) is 0 Å². The molecule has 1 aromatic carbocycles. The Bertz CT molecular complexity index is 703. The molecule has 0 atom stereocenters. The minimum Gasteiger partial charge on any atom is -0.490 e. The van der Waals surface area contributed by atoms with Gasteiger partial charge in [-0.15, -0.1) is 11.3 Å². The van der Waals surface area contributed by atoms with Crippen LogP contribution in [-0.4, -0.2) is 36.7 Å². The summed E-state index contributed by atoms with van der Waals surface area (Å²) < 4.78 is 16.0. The number of amides is 1. The molecule has 25 heavy (non-hydrogen) atoms. The Hall–Kier alpha value is -2.61. The van der Waals surface area contributed by atoms with Crippen LogP contribution in [-0.2, 0) is 20.7 Å². The van der Waals surface area contributed by atoms with Crippen molar-refractivity contribution in [2.24, 2.45) is 0 Å². The lowest BCUT2D eigenvalue weighted by Gasteiger charge is -2.12. The maximum absolute atomic E-state index is 11.9. The summed E-state index contributed by atoms with van der Waals surface area (Å²) in [7, 11) is 0. The molecule has 0 unspecified atom stereocenters. The van der Waals surface area contributed by atoms with Crippen molar-refractivity contribution in [2.75, 3.05) is 25.1 Å². The number of rotatable bonds is 9.